The highest BCUT2D eigenvalue weighted by Gasteiger charge is 2.34. The first kappa shape index (κ1) is 27.9. The van der Waals surface area contributed by atoms with Crippen LogP contribution in [0.3, 0.4) is 0 Å². The van der Waals surface area contributed by atoms with Crippen molar-refractivity contribution in [2.75, 3.05) is 42.9 Å². The average molecular weight is 567 g/mol. The van der Waals surface area contributed by atoms with E-state index in [4.69, 9.17) is 9.47 Å². The summed E-state index contributed by atoms with van der Waals surface area (Å²) in [7, 11) is 0. The maximum atomic E-state index is 12.7. The number of hydrogen-bond donors (Lipinski definition) is 2. The fourth-order valence-electron chi connectivity index (χ4n) is 5.37. The van der Waals surface area contributed by atoms with Crippen LogP contribution in [0, 0.1) is 0 Å². The standard InChI is InChI=1S/C32H34N6O4/c39-22-23-7-9-24(10-8-23)29-19-28(21-37-14-16-38(17-15-37)32-34-12-3-13-35-32)41-31(42-29)25-4-1-6-27(18-25)36-30(40)26-5-2-11-33-20-26/h1-13,18,20,28-29,31,39H,14-17,19,21-22H2,(H,36,40). The van der Waals surface area contributed by atoms with Gasteiger partial charge in [0.15, 0.2) is 6.29 Å². The van der Waals surface area contributed by atoms with Gasteiger partial charge in [0.25, 0.3) is 5.91 Å². The Morgan fingerprint density at radius 3 is 2.45 bits per heavy atom. The van der Waals surface area contributed by atoms with Gasteiger partial charge in [-0.2, -0.15) is 0 Å². The van der Waals surface area contributed by atoms with Crippen molar-refractivity contribution in [2.24, 2.45) is 0 Å². The SMILES string of the molecule is O=C(Nc1cccc(C2OC(CN3CCN(c4ncccn4)CC3)CC(c3ccc(CO)cc3)O2)c1)c1cccnc1. The first-order valence-corrected chi connectivity index (χ1v) is 14.2. The Hall–Kier alpha value is -4.22. The second kappa shape index (κ2) is 13.2. The normalized spacial score (nSPS) is 21.2. The van der Waals surface area contributed by atoms with Gasteiger partial charge in [-0.05, 0) is 41.5 Å². The van der Waals surface area contributed by atoms with Crippen LogP contribution in [0.5, 0.6) is 0 Å². The van der Waals surface area contributed by atoms with Crippen molar-refractivity contribution in [3.05, 3.63) is 114 Å². The summed E-state index contributed by atoms with van der Waals surface area (Å²) in [4.78, 5) is 30.2. The van der Waals surface area contributed by atoms with Gasteiger partial charge in [0, 0.05) is 75.2 Å². The lowest BCUT2D eigenvalue weighted by molar-refractivity contribution is -0.253. The molecule has 3 unspecified atom stereocenters. The number of aliphatic hydroxyl groups is 1. The summed E-state index contributed by atoms with van der Waals surface area (Å²) in [5.74, 6) is 0.534. The van der Waals surface area contributed by atoms with Gasteiger partial charge in [-0.3, -0.25) is 14.7 Å². The van der Waals surface area contributed by atoms with Crippen LogP contribution in [-0.4, -0.2) is 69.7 Å². The number of aliphatic hydroxyl groups excluding tert-OH is 1. The number of anilines is 2. The Balaban J connectivity index is 1.17. The van der Waals surface area contributed by atoms with Gasteiger partial charge in [0.05, 0.1) is 24.4 Å². The van der Waals surface area contributed by atoms with Crippen LogP contribution in [0.15, 0.2) is 91.5 Å². The summed E-state index contributed by atoms with van der Waals surface area (Å²) in [6, 6.07) is 20.8. The van der Waals surface area contributed by atoms with E-state index in [9.17, 15) is 9.90 Å². The molecule has 216 valence electrons. The molecule has 10 nitrogen and oxygen atoms in total. The van der Waals surface area contributed by atoms with Gasteiger partial charge in [-0.15, -0.1) is 0 Å². The minimum absolute atomic E-state index is 0.00226. The van der Waals surface area contributed by atoms with Crippen molar-refractivity contribution in [2.45, 2.75) is 31.5 Å². The quantitative estimate of drug-likeness (QED) is 0.327. The summed E-state index contributed by atoms with van der Waals surface area (Å²) >= 11 is 0. The highest BCUT2D eigenvalue weighted by molar-refractivity contribution is 6.04. The molecule has 1 amide bonds. The predicted octanol–water partition coefficient (Wildman–Crippen LogP) is 3.98. The van der Waals surface area contributed by atoms with Crippen molar-refractivity contribution in [1.82, 2.24) is 19.9 Å². The van der Waals surface area contributed by atoms with Crippen LogP contribution in [0.2, 0.25) is 0 Å². The number of ether oxygens (including phenoxy) is 2. The van der Waals surface area contributed by atoms with E-state index in [1.165, 1.54) is 6.20 Å². The average Bonchev–Trinajstić information content (AvgIpc) is 3.06. The lowest BCUT2D eigenvalue weighted by atomic mass is 9.99. The number of rotatable bonds is 8. The molecule has 0 bridgehead atoms. The number of hydrogen-bond acceptors (Lipinski definition) is 9. The first-order chi connectivity index (χ1) is 20.6. The zero-order valence-electron chi connectivity index (χ0n) is 23.3. The molecule has 0 aliphatic carbocycles. The van der Waals surface area contributed by atoms with E-state index < -0.39 is 6.29 Å². The fraction of sp³-hybridized carbons (Fsp3) is 0.312. The molecule has 2 saturated heterocycles. The largest absolute Gasteiger partial charge is 0.392 e. The molecule has 2 aliphatic heterocycles. The molecular weight excluding hydrogens is 532 g/mol. The molecule has 6 rings (SSSR count). The van der Waals surface area contributed by atoms with Gasteiger partial charge >= 0.3 is 0 Å². The number of pyridine rings is 1. The molecule has 2 N–H and O–H groups in total. The van der Waals surface area contributed by atoms with E-state index in [2.05, 4.69) is 30.1 Å². The Morgan fingerprint density at radius 1 is 0.905 bits per heavy atom. The lowest BCUT2D eigenvalue weighted by Crippen LogP contribution is -2.50. The van der Waals surface area contributed by atoms with Crippen LogP contribution < -0.4 is 10.2 Å². The summed E-state index contributed by atoms with van der Waals surface area (Å²) < 4.78 is 13.1. The van der Waals surface area contributed by atoms with Gasteiger partial charge < -0.3 is 24.8 Å². The number of carbonyl (C=O) groups is 1. The first-order valence-electron chi connectivity index (χ1n) is 14.2. The lowest BCUT2D eigenvalue weighted by Gasteiger charge is -2.40. The fourth-order valence-corrected chi connectivity index (χ4v) is 5.37. The van der Waals surface area contributed by atoms with E-state index in [0.717, 1.165) is 55.4 Å². The summed E-state index contributed by atoms with van der Waals surface area (Å²) in [5, 5.41) is 12.5. The monoisotopic (exact) mass is 566 g/mol. The molecule has 2 aliphatic rings. The van der Waals surface area contributed by atoms with Gasteiger partial charge in [-0.1, -0.05) is 36.4 Å². The Bertz CT molecular complexity index is 1450. The molecule has 0 saturated carbocycles. The second-order valence-corrected chi connectivity index (χ2v) is 10.5. The number of carbonyl (C=O) groups excluding carboxylic acids is 1. The number of benzene rings is 2. The molecule has 2 aromatic heterocycles. The molecular formula is C32H34N6O4. The van der Waals surface area contributed by atoms with Crippen LogP contribution in [0.25, 0.3) is 0 Å². The smallest absolute Gasteiger partial charge is 0.257 e. The maximum absolute atomic E-state index is 12.7. The molecule has 10 heteroatoms. The van der Waals surface area contributed by atoms with E-state index in [1.807, 2.05) is 54.6 Å². The highest BCUT2D eigenvalue weighted by Crippen LogP contribution is 2.38. The molecule has 4 aromatic rings. The van der Waals surface area contributed by atoms with Gasteiger partial charge in [0.2, 0.25) is 5.95 Å². The molecule has 0 spiro atoms. The van der Waals surface area contributed by atoms with E-state index in [-0.39, 0.29) is 24.7 Å². The van der Waals surface area contributed by atoms with Crippen LogP contribution >= 0.6 is 0 Å². The molecule has 2 fully saturated rings. The number of nitrogens with one attached hydrogen (secondary N) is 1. The molecule has 42 heavy (non-hydrogen) atoms. The van der Waals surface area contributed by atoms with Crippen LogP contribution in [0.4, 0.5) is 11.6 Å². The van der Waals surface area contributed by atoms with E-state index >= 15 is 0 Å². The Labute approximate surface area is 245 Å². The molecule has 3 atom stereocenters. The molecule has 2 aromatic carbocycles. The maximum Gasteiger partial charge on any atom is 0.257 e. The van der Waals surface area contributed by atoms with Crippen LogP contribution in [0.1, 0.15) is 45.9 Å². The Morgan fingerprint density at radius 2 is 1.71 bits per heavy atom. The van der Waals surface area contributed by atoms with Gasteiger partial charge in [0.1, 0.15) is 0 Å². The number of piperazine rings is 1. The van der Waals surface area contributed by atoms with E-state index in [0.29, 0.717) is 17.7 Å². The predicted molar refractivity (Wildman–Crippen MR) is 158 cm³/mol. The number of nitrogens with zero attached hydrogens (tertiary/aromatic N) is 5. The minimum atomic E-state index is -0.611. The number of aromatic nitrogens is 3. The van der Waals surface area contributed by atoms with E-state index in [1.54, 1.807) is 30.7 Å². The van der Waals surface area contributed by atoms with Crippen molar-refractivity contribution in [3.8, 4) is 0 Å². The third kappa shape index (κ3) is 6.80. The Kier molecular flexibility index (Phi) is 8.76. The summed E-state index contributed by atoms with van der Waals surface area (Å²) in [6.45, 7) is 4.23. The second-order valence-electron chi connectivity index (χ2n) is 10.5. The molecule has 0 radical (unpaired) electrons. The zero-order valence-corrected chi connectivity index (χ0v) is 23.3. The third-order valence-electron chi connectivity index (χ3n) is 7.62. The minimum Gasteiger partial charge on any atom is -0.392 e. The third-order valence-corrected chi connectivity index (χ3v) is 7.62. The van der Waals surface area contributed by atoms with Crippen molar-refractivity contribution in [1.29, 1.82) is 0 Å². The van der Waals surface area contributed by atoms with Gasteiger partial charge in [-0.25, -0.2) is 9.97 Å². The summed E-state index contributed by atoms with van der Waals surface area (Å²) in [5.41, 5.74) is 3.86. The molecule has 4 heterocycles. The topological polar surface area (TPSA) is 113 Å². The highest BCUT2D eigenvalue weighted by atomic mass is 16.7. The van der Waals surface area contributed by atoms with Crippen LogP contribution in [-0.2, 0) is 16.1 Å². The number of amides is 1. The van der Waals surface area contributed by atoms with Crippen molar-refractivity contribution in [3.63, 3.8) is 0 Å². The summed E-state index contributed by atoms with van der Waals surface area (Å²) in [6.07, 6.45) is 6.56. The van der Waals surface area contributed by atoms with Crippen molar-refractivity contribution >= 4 is 17.5 Å². The van der Waals surface area contributed by atoms with Crippen molar-refractivity contribution < 1.29 is 19.4 Å². The zero-order chi connectivity index (χ0) is 28.7.